The van der Waals surface area contributed by atoms with E-state index in [2.05, 4.69) is 33.1 Å². The summed E-state index contributed by atoms with van der Waals surface area (Å²) in [6.07, 6.45) is 15.3. The average Bonchev–Trinajstić information content (AvgIpc) is 2.98. The summed E-state index contributed by atoms with van der Waals surface area (Å²) in [6, 6.07) is 3.35. The van der Waals surface area contributed by atoms with E-state index in [1.807, 2.05) is 6.20 Å². The van der Waals surface area contributed by atoms with Crippen molar-refractivity contribution in [3.63, 3.8) is 0 Å². The minimum atomic E-state index is 0.482. The van der Waals surface area contributed by atoms with E-state index < -0.39 is 0 Å². The highest BCUT2D eigenvalue weighted by atomic mass is 15.2. The fourth-order valence-corrected chi connectivity index (χ4v) is 5.27. The van der Waals surface area contributed by atoms with Crippen molar-refractivity contribution in [1.29, 1.82) is 0 Å². The molecule has 0 aromatic carbocycles. The van der Waals surface area contributed by atoms with Crippen LogP contribution in [0.25, 0.3) is 0 Å². The minimum absolute atomic E-state index is 0.482. The van der Waals surface area contributed by atoms with Gasteiger partial charge in [0.15, 0.2) is 0 Å². The van der Waals surface area contributed by atoms with E-state index in [1.165, 1.54) is 70.8 Å². The third kappa shape index (κ3) is 5.13. The zero-order valence-corrected chi connectivity index (χ0v) is 17.1. The van der Waals surface area contributed by atoms with Crippen molar-refractivity contribution in [2.24, 2.45) is 5.92 Å². The molecule has 5 heteroatoms. The van der Waals surface area contributed by atoms with Crippen molar-refractivity contribution >= 4 is 11.8 Å². The van der Waals surface area contributed by atoms with Crippen LogP contribution in [0.5, 0.6) is 0 Å². The summed E-state index contributed by atoms with van der Waals surface area (Å²) < 4.78 is 0. The predicted molar refractivity (Wildman–Crippen MR) is 112 cm³/mol. The number of likely N-dealkylation sites (tertiary alicyclic amines) is 1. The fraction of sp³-hybridized carbons (Fsp3) is 0.818. The van der Waals surface area contributed by atoms with Crippen molar-refractivity contribution in [3.05, 3.63) is 12.3 Å². The molecule has 1 N–H and O–H groups in total. The van der Waals surface area contributed by atoms with Crippen LogP contribution in [0.2, 0.25) is 0 Å². The highest BCUT2D eigenvalue weighted by Crippen LogP contribution is 2.29. The lowest BCUT2D eigenvalue weighted by molar-refractivity contribution is 0.107. The molecule has 1 aliphatic carbocycles. The number of anilines is 2. The molecule has 0 bridgehead atoms. The van der Waals surface area contributed by atoms with Crippen LogP contribution in [0.1, 0.15) is 71.1 Å². The monoisotopic (exact) mass is 371 g/mol. The Kier molecular flexibility index (Phi) is 6.48. The molecule has 3 fully saturated rings. The van der Waals surface area contributed by atoms with Crippen LogP contribution < -0.4 is 10.2 Å². The van der Waals surface area contributed by atoms with Gasteiger partial charge in [-0.15, -0.1) is 0 Å². The molecule has 1 aromatic rings. The molecule has 4 rings (SSSR count). The van der Waals surface area contributed by atoms with E-state index in [9.17, 15) is 0 Å². The second-order valence-corrected chi connectivity index (χ2v) is 9.04. The Labute approximate surface area is 164 Å². The summed E-state index contributed by atoms with van der Waals surface area (Å²) in [6.45, 7) is 7.11. The Morgan fingerprint density at radius 3 is 2.63 bits per heavy atom. The van der Waals surface area contributed by atoms with Gasteiger partial charge < -0.3 is 10.2 Å². The Balaban J connectivity index is 1.36. The number of piperidine rings is 1. The highest BCUT2D eigenvalue weighted by molar-refractivity contribution is 5.43. The molecule has 27 heavy (non-hydrogen) atoms. The van der Waals surface area contributed by atoms with Gasteiger partial charge in [-0.2, -0.15) is 4.98 Å². The summed E-state index contributed by atoms with van der Waals surface area (Å²) in [5, 5.41) is 3.67. The van der Waals surface area contributed by atoms with Gasteiger partial charge >= 0.3 is 0 Å². The van der Waals surface area contributed by atoms with Gasteiger partial charge in [0.25, 0.3) is 0 Å². The van der Waals surface area contributed by atoms with E-state index in [0.29, 0.717) is 6.04 Å². The Morgan fingerprint density at radius 2 is 1.81 bits per heavy atom. The van der Waals surface area contributed by atoms with Gasteiger partial charge in [-0.05, 0) is 57.1 Å². The second-order valence-electron chi connectivity index (χ2n) is 9.04. The third-order valence-corrected chi connectivity index (χ3v) is 6.78. The largest absolute Gasteiger partial charge is 0.356 e. The number of nitrogens with one attached hydrogen (secondary N) is 1. The van der Waals surface area contributed by atoms with Crippen molar-refractivity contribution in [1.82, 2.24) is 14.9 Å². The lowest BCUT2D eigenvalue weighted by atomic mass is 9.85. The second kappa shape index (κ2) is 9.22. The zero-order valence-electron chi connectivity index (χ0n) is 17.1. The molecule has 3 unspecified atom stereocenters. The first-order chi connectivity index (χ1) is 13.3. The molecule has 150 valence electrons. The molecule has 1 saturated carbocycles. The summed E-state index contributed by atoms with van der Waals surface area (Å²) in [4.78, 5) is 14.6. The molecule has 2 aliphatic heterocycles. The first-order valence-corrected chi connectivity index (χ1v) is 11.4. The maximum atomic E-state index is 4.87. The van der Waals surface area contributed by atoms with Crippen LogP contribution in [0.15, 0.2) is 12.3 Å². The van der Waals surface area contributed by atoms with Gasteiger partial charge in [0.2, 0.25) is 5.95 Å². The maximum absolute atomic E-state index is 4.87. The minimum Gasteiger partial charge on any atom is -0.356 e. The quantitative estimate of drug-likeness (QED) is 0.854. The molecule has 1 aromatic heterocycles. The number of nitrogens with zero attached hydrogens (tertiary/aromatic N) is 4. The molecule has 3 aliphatic rings. The number of aromatic nitrogens is 2. The van der Waals surface area contributed by atoms with Crippen molar-refractivity contribution in [3.8, 4) is 0 Å². The molecule has 3 atom stereocenters. The van der Waals surface area contributed by atoms with Crippen molar-refractivity contribution < 1.29 is 0 Å². The Morgan fingerprint density at radius 1 is 0.963 bits per heavy atom. The Hall–Kier alpha value is -1.36. The topological polar surface area (TPSA) is 44.3 Å². The van der Waals surface area contributed by atoms with Crippen molar-refractivity contribution in [2.45, 2.75) is 83.2 Å². The van der Waals surface area contributed by atoms with Crippen LogP contribution in [-0.4, -0.2) is 53.1 Å². The predicted octanol–water partition coefficient (Wildman–Crippen LogP) is 4.31. The van der Waals surface area contributed by atoms with Crippen LogP contribution in [0.4, 0.5) is 11.8 Å². The zero-order chi connectivity index (χ0) is 18.5. The summed E-state index contributed by atoms with van der Waals surface area (Å²) in [5.41, 5.74) is 0. The van der Waals surface area contributed by atoms with Gasteiger partial charge in [0.1, 0.15) is 5.82 Å². The van der Waals surface area contributed by atoms with Gasteiger partial charge in [-0.25, -0.2) is 4.98 Å². The molecular formula is C22H37N5. The number of hydrogen-bond donors (Lipinski definition) is 1. The fourth-order valence-electron chi connectivity index (χ4n) is 5.27. The van der Waals surface area contributed by atoms with Crippen molar-refractivity contribution in [2.75, 3.05) is 36.4 Å². The lowest BCUT2D eigenvalue weighted by Gasteiger charge is -2.41. The summed E-state index contributed by atoms with van der Waals surface area (Å²) in [5.74, 6) is 2.81. The van der Waals surface area contributed by atoms with Gasteiger partial charge in [-0.1, -0.05) is 32.6 Å². The molecule has 0 spiro atoms. The smallest absolute Gasteiger partial charge is 0.224 e. The summed E-state index contributed by atoms with van der Waals surface area (Å²) >= 11 is 0. The van der Waals surface area contributed by atoms with Crippen LogP contribution in [-0.2, 0) is 0 Å². The van der Waals surface area contributed by atoms with E-state index in [-0.39, 0.29) is 0 Å². The van der Waals surface area contributed by atoms with Crippen LogP contribution >= 0.6 is 0 Å². The number of rotatable bonds is 4. The van der Waals surface area contributed by atoms with E-state index in [4.69, 9.17) is 4.98 Å². The maximum Gasteiger partial charge on any atom is 0.224 e. The summed E-state index contributed by atoms with van der Waals surface area (Å²) in [7, 11) is 0. The van der Waals surface area contributed by atoms with Gasteiger partial charge in [0.05, 0.1) is 0 Å². The van der Waals surface area contributed by atoms with E-state index >= 15 is 0 Å². The van der Waals surface area contributed by atoms with Crippen LogP contribution in [0.3, 0.4) is 0 Å². The van der Waals surface area contributed by atoms with Gasteiger partial charge in [-0.3, -0.25) is 4.90 Å². The number of hydrogen-bond acceptors (Lipinski definition) is 5. The third-order valence-electron chi connectivity index (χ3n) is 6.78. The standard InChI is InChI=1S/C22H37N5/c1-18-8-6-10-20(16-18)27-15-7-9-19(17-27)24-22-23-12-11-21(25-22)26-13-4-2-3-5-14-26/h11-12,18-20H,2-10,13-17H2,1H3,(H,23,24,25). The molecule has 3 heterocycles. The average molecular weight is 372 g/mol. The van der Waals surface area contributed by atoms with Gasteiger partial charge in [0, 0.05) is 37.9 Å². The normalized spacial score (nSPS) is 30.7. The molecule has 2 saturated heterocycles. The molecule has 5 nitrogen and oxygen atoms in total. The highest BCUT2D eigenvalue weighted by Gasteiger charge is 2.29. The van der Waals surface area contributed by atoms with E-state index in [0.717, 1.165) is 43.4 Å². The molecule has 0 radical (unpaired) electrons. The molecule has 0 amide bonds. The van der Waals surface area contributed by atoms with Crippen LogP contribution in [0, 0.1) is 5.92 Å². The first-order valence-electron chi connectivity index (χ1n) is 11.4. The first kappa shape index (κ1) is 19.0. The Bertz CT molecular complexity index is 584. The lowest BCUT2D eigenvalue weighted by Crippen LogP contribution is -2.48. The SMILES string of the molecule is CC1CCCC(N2CCCC(Nc3nccc(N4CCCCCC4)n3)C2)C1. The molecular weight excluding hydrogens is 334 g/mol. The van der Waals surface area contributed by atoms with E-state index in [1.54, 1.807) is 0 Å².